The molecule has 2 aromatic heterocycles. The number of pyridine rings is 2. The summed E-state index contributed by atoms with van der Waals surface area (Å²) in [4.78, 5) is 54.1. The van der Waals surface area contributed by atoms with Crippen molar-refractivity contribution < 1.29 is 23.9 Å². The number of aromatic nitrogens is 2. The van der Waals surface area contributed by atoms with Gasteiger partial charge in [0.2, 0.25) is 17.7 Å². The van der Waals surface area contributed by atoms with Crippen molar-refractivity contribution in [1.82, 2.24) is 30.0 Å². The maximum absolute atomic E-state index is 13.4. The molecule has 5 heterocycles. The van der Waals surface area contributed by atoms with Gasteiger partial charge in [-0.3, -0.25) is 24.3 Å². The first kappa shape index (κ1) is 28.0. The molecule has 5 rings (SSSR count). The molecule has 1 N–H and O–H groups in total. The summed E-state index contributed by atoms with van der Waals surface area (Å²) in [6.07, 6.45) is 5.17. The van der Waals surface area contributed by atoms with Crippen molar-refractivity contribution in [2.45, 2.75) is 51.9 Å². The lowest BCUT2D eigenvalue weighted by Crippen LogP contribution is -2.59. The molecule has 0 saturated carbocycles. The number of carbonyl (C=O) groups excluding carboxylic acids is 3. The zero-order valence-corrected chi connectivity index (χ0v) is 23.4. The minimum Gasteiger partial charge on any atom is -0.475 e. The van der Waals surface area contributed by atoms with Gasteiger partial charge in [0.1, 0.15) is 18.8 Å². The van der Waals surface area contributed by atoms with Gasteiger partial charge in [-0.1, -0.05) is 26.8 Å². The molecule has 3 aliphatic rings. The van der Waals surface area contributed by atoms with E-state index in [0.717, 1.165) is 5.56 Å². The van der Waals surface area contributed by atoms with Crippen molar-refractivity contribution in [3.05, 3.63) is 54.0 Å². The largest absolute Gasteiger partial charge is 0.475 e. The van der Waals surface area contributed by atoms with Gasteiger partial charge >= 0.3 is 0 Å². The van der Waals surface area contributed by atoms with Gasteiger partial charge in [-0.25, -0.2) is 4.98 Å². The Balaban J connectivity index is 1.36. The van der Waals surface area contributed by atoms with Crippen molar-refractivity contribution in [2.75, 3.05) is 45.9 Å². The fraction of sp³-hybridized carbons (Fsp3) is 0.552. The Morgan fingerprint density at radius 2 is 1.93 bits per heavy atom. The highest BCUT2D eigenvalue weighted by Crippen LogP contribution is 2.24. The summed E-state index contributed by atoms with van der Waals surface area (Å²) >= 11 is 0. The van der Waals surface area contributed by atoms with Crippen LogP contribution in [0.4, 0.5) is 0 Å². The zero-order valence-electron chi connectivity index (χ0n) is 23.4. The van der Waals surface area contributed by atoms with Crippen LogP contribution in [0.3, 0.4) is 0 Å². The van der Waals surface area contributed by atoms with Gasteiger partial charge in [0.05, 0.1) is 18.2 Å². The Labute approximate surface area is 234 Å². The van der Waals surface area contributed by atoms with Gasteiger partial charge < -0.3 is 24.6 Å². The topological polar surface area (TPSA) is 117 Å². The summed E-state index contributed by atoms with van der Waals surface area (Å²) < 4.78 is 12.3. The lowest BCUT2D eigenvalue weighted by Gasteiger charge is -2.42. The predicted octanol–water partition coefficient (Wildman–Crippen LogP) is 1.34. The van der Waals surface area contributed by atoms with Crippen LogP contribution in [-0.2, 0) is 20.9 Å². The molecule has 0 aromatic carbocycles. The number of ether oxygens (including phenoxy) is 2. The molecule has 2 saturated heterocycles. The van der Waals surface area contributed by atoms with Gasteiger partial charge in [-0.2, -0.15) is 0 Å². The second-order valence-electron chi connectivity index (χ2n) is 12.0. The van der Waals surface area contributed by atoms with Crippen LogP contribution in [0, 0.1) is 5.41 Å². The van der Waals surface area contributed by atoms with Gasteiger partial charge in [0, 0.05) is 64.3 Å². The maximum atomic E-state index is 13.4. The quantitative estimate of drug-likeness (QED) is 0.609. The Morgan fingerprint density at radius 1 is 1.10 bits per heavy atom. The Kier molecular flexibility index (Phi) is 8.32. The van der Waals surface area contributed by atoms with Crippen LogP contribution in [-0.4, -0.2) is 107 Å². The summed E-state index contributed by atoms with van der Waals surface area (Å²) in [5.74, 6) is -0.211. The summed E-state index contributed by atoms with van der Waals surface area (Å²) in [5.41, 5.74) is 1.24. The third-order valence-corrected chi connectivity index (χ3v) is 7.47. The number of hydrogen-bond acceptors (Lipinski definition) is 8. The standard InChI is InChI=1S/C29H38N6O5/c1-29(2,3)12-25(36)34-10-11-35-21(15-34)18-40-28-22(7-5-9-31-28)27(38)32-23-16-33(14-20-6-4-8-30-13-20)17-24(23)39-19-26(35)37/h4-9,13,21,23-24H,10-12,14-19H2,1-3H3,(H,32,38)/t21-,23+,24-/m0/s1. The van der Waals surface area contributed by atoms with Crippen LogP contribution >= 0.6 is 0 Å². The van der Waals surface area contributed by atoms with E-state index in [-0.39, 0.29) is 54.4 Å². The third-order valence-electron chi connectivity index (χ3n) is 7.47. The lowest BCUT2D eigenvalue weighted by atomic mass is 9.91. The van der Waals surface area contributed by atoms with Crippen molar-refractivity contribution in [2.24, 2.45) is 5.41 Å². The smallest absolute Gasteiger partial charge is 0.257 e. The van der Waals surface area contributed by atoms with Crippen LogP contribution in [0.1, 0.15) is 43.1 Å². The number of amides is 3. The summed E-state index contributed by atoms with van der Waals surface area (Å²) in [7, 11) is 0. The zero-order chi connectivity index (χ0) is 28.3. The minimum atomic E-state index is -0.395. The first-order chi connectivity index (χ1) is 19.2. The molecular weight excluding hydrogens is 512 g/mol. The number of hydrogen-bond donors (Lipinski definition) is 1. The predicted molar refractivity (Wildman–Crippen MR) is 146 cm³/mol. The number of rotatable bonds is 3. The van der Waals surface area contributed by atoms with Crippen LogP contribution < -0.4 is 10.1 Å². The van der Waals surface area contributed by atoms with E-state index in [2.05, 4.69) is 20.2 Å². The summed E-state index contributed by atoms with van der Waals surface area (Å²) in [5, 5.41) is 3.09. The number of likely N-dealkylation sites (tertiary alicyclic amines) is 1. The maximum Gasteiger partial charge on any atom is 0.257 e. The van der Waals surface area contributed by atoms with Crippen molar-refractivity contribution in [3.8, 4) is 5.88 Å². The first-order valence-electron chi connectivity index (χ1n) is 13.8. The van der Waals surface area contributed by atoms with E-state index in [9.17, 15) is 14.4 Å². The molecule has 40 heavy (non-hydrogen) atoms. The van der Waals surface area contributed by atoms with E-state index in [1.54, 1.807) is 34.3 Å². The fourth-order valence-corrected chi connectivity index (χ4v) is 5.52. The SMILES string of the molecule is CC(C)(C)CC(=O)N1CCN2C(=O)CO[C@H]3CN(Cc4cccnc4)C[C@H]3NC(=O)c3cccnc3OC[C@@H]2C1. The second kappa shape index (κ2) is 11.9. The van der Waals surface area contributed by atoms with Crippen LogP contribution in [0.5, 0.6) is 5.88 Å². The van der Waals surface area contributed by atoms with E-state index < -0.39 is 6.04 Å². The molecule has 3 aliphatic heterocycles. The van der Waals surface area contributed by atoms with Crippen molar-refractivity contribution in [3.63, 3.8) is 0 Å². The highest BCUT2D eigenvalue weighted by Gasteiger charge is 2.38. The summed E-state index contributed by atoms with van der Waals surface area (Å²) in [6, 6.07) is 6.56. The number of fused-ring (bicyclic) bond motifs is 3. The third kappa shape index (κ3) is 6.76. The molecule has 2 fully saturated rings. The van der Waals surface area contributed by atoms with E-state index in [4.69, 9.17) is 9.47 Å². The fourth-order valence-electron chi connectivity index (χ4n) is 5.52. The lowest BCUT2D eigenvalue weighted by molar-refractivity contribution is -0.149. The average molecular weight is 551 g/mol. The van der Waals surface area contributed by atoms with E-state index in [1.165, 1.54) is 0 Å². The number of nitrogens with zero attached hydrogens (tertiary/aromatic N) is 5. The minimum absolute atomic E-state index is 0.0548. The van der Waals surface area contributed by atoms with Crippen molar-refractivity contribution >= 4 is 17.7 Å². The molecule has 0 bridgehead atoms. The molecule has 3 amide bonds. The first-order valence-corrected chi connectivity index (χ1v) is 13.8. The Bertz CT molecular complexity index is 1220. The molecular formula is C29H38N6O5. The van der Waals surface area contributed by atoms with Crippen LogP contribution in [0.2, 0.25) is 0 Å². The van der Waals surface area contributed by atoms with Crippen molar-refractivity contribution in [1.29, 1.82) is 0 Å². The number of nitrogens with one attached hydrogen (secondary N) is 1. The van der Waals surface area contributed by atoms with Crippen LogP contribution in [0.25, 0.3) is 0 Å². The highest BCUT2D eigenvalue weighted by atomic mass is 16.5. The molecule has 11 nitrogen and oxygen atoms in total. The van der Waals surface area contributed by atoms with E-state index in [1.807, 2.05) is 39.1 Å². The molecule has 0 unspecified atom stereocenters. The number of carbonyl (C=O) groups is 3. The molecule has 214 valence electrons. The molecule has 11 heteroatoms. The van der Waals surface area contributed by atoms with E-state index in [0.29, 0.717) is 51.3 Å². The molecule has 0 radical (unpaired) electrons. The Morgan fingerprint density at radius 3 is 2.70 bits per heavy atom. The molecule has 0 spiro atoms. The van der Waals surface area contributed by atoms with Gasteiger partial charge in [0.15, 0.2) is 0 Å². The van der Waals surface area contributed by atoms with E-state index >= 15 is 0 Å². The molecule has 0 aliphatic carbocycles. The average Bonchev–Trinajstić information content (AvgIpc) is 3.30. The van der Waals surface area contributed by atoms with Gasteiger partial charge in [0.25, 0.3) is 5.91 Å². The highest BCUT2D eigenvalue weighted by molar-refractivity contribution is 5.96. The normalized spacial score (nSPS) is 24.4. The second-order valence-corrected chi connectivity index (χ2v) is 12.0. The molecule has 3 atom stereocenters. The van der Waals surface area contributed by atoms with Crippen LogP contribution in [0.15, 0.2) is 42.9 Å². The number of piperazine rings is 1. The Hall–Kier alpha value is -3.57. The monoisotopic (exact) mass is 550 g/mol. The summed E-state index contributed by atoms with van der Waals surface area (Å²) in [6.45, 7) is 9.06. The van der Waals surface area contributed by atoms with Gasteiger partial charge in [-0.05, 0) is 29.2 Å². The molecule has 2 aromatic rings. The van der Waals surface area contributed by atoms with Gasteiger partial charge in [-0.15, -0.1) is 0 Å².